The highest BCUT2D eigenvalue weighted by atomic mass is 19.1. The Morgan fingerprint density at radius 1 is 1.33 bits per heavy atom. The molecule has 3 atom stereocenters. The first-order valence-electron chi connectivity index (χ1n) is 7.87. The summed E-state index contributed by atoms with van der Waals surface area (Å²) in [6.07, 6.45) is 2.78. The van der Waals surface area contributed by atoms with Gasteiger partial charge in [-0.2, -0.15) is 0 Å². The van der Waals surface area contributed by atoms with E-state index >= 15 is 0 Å². The minimum absolute atomic E-state index is 0.202. The van der Waals surface area contributed by atoms with Crippen LogP contribution in [0.5, 0.6) is 0 Å². The maximum atomic E-state index is 13.2. The maximum Gasteiger partial charge on any atom is 0.222 e. The van der Waals surface area contributed by atoms with E-state index in [0.29, 0.717) is 18.5 Å². The number of hydrogen-bond acceptors (Lipinski definition) is 2. The van der Waals surface area contributed by atoms with Crippen molar-refractivity contribution in [2.45, 2.75) is 44.2 Å². The molecule has 0 spiro atoms. The van der Waals surface area contributed by atoms with Crippen LogP contribution in [0.4, 0.5) is 4.39 Å². The molecular weight excluding hydrogens is 267 g/mol. The van der Waals surface area contributed by atoms with Crippen LogP contribution in [0.15, 0.2) is 24.3 Å². The number of benzene rings is 1. The van der Waals surface area contributed by atoms with Crippen molar-refractivity contribution in [2.24, 2.45) is 0 Å². The molecule has 114 valence electrons. The van der Waals surface area contributed by atoms with Crippen molar-refractivity contribution < 1.29 is 9.18 Å². The molecular formula is C17H23FN2O. The molecule has 21 heavy (non-hydrogen) atoms. The normalized spacial score (nSPS) is 29.5. The van der Waals surface area contributed by atoms with Gasteiger partial charge in [0.05, 0.1) is 0 Å². The standard InChI is InChI=1S/C17H23FN2O/c1-3-16(21)20-11-14(12-6-8-13(18)9-7-12)17-15(20)5-4-10-19(17)2/h6-9,14-15,17H,3-5,10-11H2,1-2H3/t14-,15-,17-/m1/s1. The first-order chi connectivity index (χ1) is 10.1. The van der Waals surface area contributed by atoms with E-state index in [1.165, 1.54) is 12.1 Å². The molecule has 1 amide bonds. The number of amides is 1. The zero-order valence-electron chi connectivity index (χ0n) is 12.8. The van der Waals surface area contributed by atoms with Gasteiger partial charge in [0, 0.05) is 31.0 Å². The number of carbonyl (C=O) groups is 1. The number of carbonyl (C=O) groups excluding carboxylic acids is 1. The predicted molar refractivity (Wildman–Crippen MR) is 80.6 cm³/mol. The van der Waals surface area contributed by atoms with Gasteiger partial charge < -0.3 is 9.80 Å². The quantitative estimate of drug-likeness (QED) is 0.836. The Balaban J connectivity index is 1.92. The van der Waals surface area contributed by atoms with E-state index in [-0.39, 0.29) is 17.6 Å². The summed E-state index contributed by atoms with van der Waals surface area (Å²) in [6, 6.07) is 7.47. The third-order valence-electron chi connectivity index (χ3n) is 5.04. The van der Waals surface area contributed by atoms with Crippen molar-refractivity contribution in [3.8, 4) is 0 Å². The van der Waals surface area contributed by atoms with E-state index in [0.717, 1.165) is 31.5 Å². The second-order valence-corrected chi connectivity index (χ2v) is 6.24. The summed E-state index contributed by atoms with van der Waals surface area (Å²) in [5, 5.41) is 0. The molecule has 0 radical (unpaired) electrons. The molecule has 3 nitrogen and oxygen atoms in total. The van der Waals surface area contributed by atoms with E-state index < -0.39 is 0 Å². The monoisotopic (exact) mass is 290 g/mol. The molecule has 2 saturated heterocycles. The van der Waals surface area contributed by atoms with Crippen molar-refractivity contribution in [2.75, 3.05) is 20.1 Å². The third kappa shape index (κ3) is 2.57. The van der Waals surface area contributed by atoms with Gasteiger partial charge in [-0.05, 0) is 44.1 Å². The summed E-state index contributed by atoms with van der Waals surface area (Å²) in [4.78, 5) is 16.7. The molecule has 1 aromatic carbocycles. The van der Waals surface area contributed by atoms with E-state index in [1.807, 2.05) is 19.1 Å². The Labute approximate surface area is 125 Å². The molecule has 2 fully saturated rings. The van der Waals surface area contributed by atoms with Gasteiger partial charge in [-0.25, -0.2) is 4.39 Å². The highest BCUT2D eigenvalue weighted by molar-refractivity contribution is 5.77. The summed E-state index contributed by atoms with van der Waals surface area (Å²) < 4.78 is 13.2. The molecule has 3 rings (SSSR count). The van der Waals surface area contributed by atoms with Crippen LogP contribution in [0.1, 0.15) is 37.7 Å². The summed E-state index contributed by atoms with van der Waals surface area (Å²) in [5.74, 6) is 0.327. The SMILES string of the molecule is CCC(=O)N1C[C@H](c2ccc(F)cc2)[C@@H]2[C@H]1CCCN2C. The first-order valence-corrected chi connectivity index (χ1v) is 7.87. The number of halogens is 1. The lowest BCUT2D eigenvalue weighted by molar-refractivity contribution is -0.132. The molecule has 0 aromatic heterocycles. The largest absolute Gasteiger partial charge is 0.337 e. The number of rotatable bonds is 2. The molecule has 0 saturated carbocycles. The van der Waals surface area contributed by atoms with Crippen molar-refractivity contribution in [3.05, 3.63) is 35.6 Å². The highest BCUT2D eigenvalue weighted by Crippen LogP contribution is 2.39. The van der Waals surface area contributed by atoms with E-state index in [9.17, 15) is 9.18 Å². The molecule has 0 N–H and O–H groups in total. The van der Waals surface area contributed by atoms with Crippen molar-refractivity contribution in [3.63, 3.8) is 0 Å². The first kappa shape index (κ1) is 14.5. The fourth-order valence-corrected chi connectivity index (χ4v) is 4.04. The summed E-state index contributed by atoms with van der Waals surface area (Å²) in [5.41, 5.74) is 1.14. The fraction of sp³-hybridized carbons (Fsp3) is 0.588. The van der Waals surface area contributed by atoms with Crippen LogP contribution in [0, 0.1) is 5.82 Å². The lowest BCUT2D eigenvalue weighted by atomic mass is 9.86. The van der Waals surface area contributed by atoms with E-state index in [4.69, 9.17) is 0 Å². The third-order valence-corrected chi connectivity index (χ3v) is 5.04. The van der Waals surface area contributed by atoms with Gasteiger partial charge in [0.25, 0.3) is 0 Å². The summed E-state index contributed by atoms with van der Waals surface area (Å²) in [7, 11) is 2.15. The van der Waals surface area contributed by atoms with Crippen LogP contribution < -0.4 is 0 Å². The fourth-order valence-electron chi connectivity index (χ4n) is 4.04. The molecule has 4 heteroatoms. The summed E-state index contributed by atoms with van der Waals surface area (Å²) in [6.45, 7) is 3.76. The number of nitrogens with zero attached hydrogens (tertiary/aromatic N) is 2. The van der Waals surface area contributed by atoms with Crippen LogP contribution in [0.25, 0.3) is 0 Å². The number of likely N-dealkylation sites (N-methyl/N-ethyl adjacent to an activating group) is 1. The highest BCUT2D eigenvalue weighted by Gasteiger charge is 2.47. The zero-order valence-corrected chi connectivity index (χ0v) is 12.8. The van der Waals surface area contributed by atoms with Crippen LogP contribution >= 0.6 is 0 Å². The Bertz CT molecular complexity index is 516. The number of fused-ring (bicyclic) bond motifs is 1. The van der Waals surface area contributed by atoms with Gasteiger partial charge in [-0.15, -0.1) is 0 Å². The van der Waals surface area contributed by atoms with Crippen molar-refractivity contribution >= 4 is 5.91 Å². The number of piperidine rings is 1. The number of likely N-dealkylation sites (tertiary alicyclic amines) is 2. The van der Waals surface area contributed by atoms with Crippen LogP contribution in [0.3, 0.4) is 0 Å². The van der Waals surface area contributed by atoms with Gasteiger partial charge in [-0.3, -0.25) is 4.79 Å². The average Bonchev–Trinajstić information content (AvgIpc) is 2.88. The minimum Gasteiger partial charge on any atom is -0.337 e. The molecule has 0 bridgehead atoms. The van der Waals surface area contributed by atoms with Gasteiger partial charge >= 0.3 is 0 Å². The lowest BCUT2D eigenvalue weighted by Gasteiger charge is -2.39. The van der Waals surface area contributed by atoms with Crippen LogP contribution in [-0.2, 0) is 4.79 Å². The lowest BCUT2D eigenvalue weighted by Crippen LogP contribution is -2.50. The minimum atomic E-state index is -0.202. The molecule has 2 aliphatic rings. The Morgan fingerprint density at radius 2 is 2.05 bits per heavy atom. The van der Waals surface area contributed by atoms with E-state index in [2.05, 4.69) is 16.8 Å². The zero-order chi connectivity index (χ0) is 15.0. The van der Waals surface area contributed by atoms with Gasteiger partial charge in [0.15, 0.2) is 0 Å². The van der Waals surface area contributed by atoms with Crippen LogP contribution in [0.2, 0.25) is 0 Å². The Kier molecular flexibility index (Phi) is 3.98. The van der Waals surface area contributed by atoms with Gasteiger partial charge in [0.1, 0.15) is 5.82 Å². The Hall–Kier alpha value is -1.42. The van der Waals surface area contributed by atoms with Crippen molar-refractivity contribution in [1.82, 2.24) is 9.80 Å². The second kappa shape index (κ2) is 5.76. The Morgan fingerprint density at radius 3 is 2.71 bits per heavy atom. The van der Waals surface area contributed by atoms with Gasteiger partial charge in [0.2, 0.25) is 5.91 Å². The van der Waals surface area contributed by atoms with Gasteiger partial charge in [-0.1, -0.05) is 19.1 Å². The molecule has 2 aliphatic heterocycles. The predicted octanol–water partition coefficient (Wildman–Crippen LogP) is 2.62. The molecule has 0 aliphatic carbocycles. The smallest absolute Gasteiger partial charge is 0.222 e. The molecule has 1 aromatic rings. The van der Waals surface area contributed by atoms with Crippen molar-refractivity contribution in [1.29, 1.82) is 0 Å². The maximum absolute atomic E-state index is 13.2. The summed E-state index contributed by atoms with van der Waals surface area (Å²) >= 11 is 0. The van der Waals surface area contributed by atoms with Crippen LogP contribution in [-0.4, -0.2) is 47.9 Å². The average molecular weight is 290 g/mol. The van der Waals surface area contributed by atoms with E-state index in [1.54, 1.807) is 0 Å². The second-order valence-electron chi connectivity index (χ2n) is 6.24. The molecule has 2 heterocycles. The molecule has 0 unspecified atom stereocenters. The topological polar surface area (TPSA) is 23.6 Å². The number of hydrogen-bond donors (Lipinski definition) is 0.